The molecule has 0 saturated heterocycles. The highest BCUT2D eigenvalue weighted by molar-refractivity contribution is 5.85. The van der Waals surface area contributed by atoms with E-state index in [4.69, 9.17) is 5.41 Å². The Balaban J connectivity index is -0.000000101. The fraction of sp³-hybridized carbons (Fsp3) is 0.812. The van der Waals surface area contributed by atoms with E-state index in [1.807, 2.05) is 0 Å². The molecular formula is C16H38ClN3O. The first-order valence-corrected chi connectivity index (χ1v) is 7.29. The summed E-state index contributed by atoms with van der Waals surface area (Å²) < 4.78 is 2.19. The Morgan fingerprint density at radius 2 is 1.10 bits per heavy atom. The maximum absolute atomic E-state index is 9.71. The third kappa shape index (κ3) is 45.2. The van der Waals surface area contributed by atoms with Crippen molar-refractivity contribution in [2.75, 3.05) is 55.4 Å². The summed E-state index contributed by atoms with van der Waals surface area (Å²) in [5.41, 5.74) is 0.287. The van der Waals surface area contributed by atoms with Crippen LogP contribution in [0.25, 0.3) is 0 Å². The standard InChI is InChI=1S/2C6H16N.C4H7NO.ClH/c2*1-5-6-7(2,3)4;1-3(2)4(5)6;/h2*5-6H2,1-4H3;1H2,2H3,(H2,5,6);1H/q2*+1;;/p-2. The van der Waals surface area contributed by atoms with Gasteiger partial charge in [0.25, 0.3) is 0 Å². The lowest BCUT2D eigenvalue weighted by Gasteiger charge is -2.22. The van der Waals surface area contributed by atoms with Gasteiger partial charge in [0, 0.05) is 0 Å². The molecule has 5 heteroatoms. The molecule has 0 aliphatic rings. The van der Waals surface area contributed by atoms with Crippen LogP contribution in [0, 0.1) is 5.41 Å². The van der Waals surface area contributed by atoms with Crippen LogP contribution in [-0.2, 0) is 0 Å². The van der Waals surface area contributed by atoms with Crippen molar-refractivity contribution in [2.24, 2.45) is 0 Å². The second-order valence-electron chi connectivity index (χ2n) is 7.14. The average molecular weight is 324 g/mol. The van der Waals surface area contributed by atoms with Gasteiger partial charge < -0.3 is 31.9 Å². The Bertz CT molecular complexity index is 238. The Morgan fingerprint density at radius 1 is 0.905 bits per heavy atom. The van der Waals surface area contributed by atoms with E-state index in [1.54, 1.807) is 0 Å². The lowest BCUT2D eigenvalue weighted by Crippen LogP contribution is -3.00. The number of nitrogens with one attached hydrogen (secondary N) is 1. The number of hydrogen-bond acceptors (Lipinski definition) is 2. The fourth-order valence-corrected chi connectivity index (χ4v) is 1.34. The van der Waals surface area contributed by atoms with Crippen LogP contribution < -0.4 is 17.5 Å². The number of quaternary nitrogens is 2. The second kappa shape index (κ2) is 14.4. The molecule has 0 aliphatic heterocycles. The molecule has 0 rings (SSSR count). The summed E-state index contributed by atoms with van der Waals surface area (Å²) >= 11 is 0. The summed E-state index contributed by atoms with van der Waals surface area (Å²) in [5, 5.41) is 16.0. The molecule has 0 heterocycles. The summed E-state index contributed by atoms with van der Waals surface area (Å²) in [6, 6.07) is 0. The highest BCUT2D eigenvalue weighted by Gasteiger charge is 2.01. The summed E-state index contributed by atoms with van der Waals surface area (Å²) in [6.45, 7) is 11.7. The van der Waals surface area contributed by atoms with E-state index in [2.05, 4.69) is 62.7 Å². The second-order valence-corrected chi connectivity index (χ2v) is 7.14. The first kappa shape index (κ1) is 28.6. The molecule has 0 aliphatic carbocycles. The van der Waals surface area contributed by atoms with Gasteiger partial charge >= 0.3 is 0 Å². The Labute approximate surface area is 139 Å². The molecule has 0 spiro atoms. The molecule has 0 atom stereocenters. The van der Waals surface area contributed by atoms with Gasteiger partial charge in [-0.3, -0.25) is 0 Å². The third-order valence-corrected chi connectivity index (χ3v) is 2.18. The van der Waals surface area contributed by atoms with Crippen molar-refractivity contribution >= 4 is 5.90 Å². The number of halogens is 1. The molecule has 4 nitrogen and oxygen atoms in total. The molecule has 0 bridgehead atoms. The molecule has 21 heavy (non-hydrogen) atoms. The zero-order chi connectivity index (χ0) is 17.0. The van der Waals surface area contributed by atoms with Crippen molar-refractivity contribution in [2.45, 2.75) is 33.6 Å². The SMILES string of the molecule is C=C(C)C(=N)[O-].CCC[N+](C)(C)C.CCC[N+](C)(C)C.[Cl-]. The highest BCUT2D eigenvalue weighted by atomic mass is 35.5. The minimum Gasteiger partial charge on any atom is -1.00 e. The van der Waals surface area contributed by atoms with Crippen molar-refractivity contribution < 1.29 is 26.5 Å². The summed E-state index contributed by atoms with van der Waals surface area (Å²) in [4.78, 5) is 0. The van der Waals surface area contributed by atoms with E-state index >= 15 is 0 Å². The summed E-state index contributed by atoms with van der Waals surface area (Å²) in [7, 11) is 13.3. The summed E-state index contributed by atoms with van der Waals surface area (Å²) in [5.74, 6) is -0.685. The van der Waals surface area contributed by atoms with Gasteiger partial charge in [0.2, 0.25) is 0 Å². The molecule has 130 valence electrons. The van der Waals surface area contributed by atoms with Crippen LogP contribution >= 0.6 is 0 Å². The van der Waals surface area contributed by atoms with Crippen LogP contribution in [0.4, 0.5) is 0 Å². The van der Waals surface area contributed by atoms with Crippen LogP contribution in [-0.4, -0.2) is 70.2 Å². The van der Waals surface area contributed by atoms with Crippen LogP contribution in [0.2, 0.25) is 0 Å². The van der Waals surface area contributed by atoms with E-state index in [9.17, 15) is 5.11 Å². The predicted octanol–water partition coefficient (Wildman–Crippen LogP) is -0.891. The summed E-state index contributed by atoms with van der Waals surface area (Å²) in [6.07, 6.45) is 2.56. The lowest BCUT2D eigenvalue weighted by molar-refractivity contribution is -0.870. The van der Waals surface area contributed by atoms with E-state index < -0.39 is 5.90 Å². The van der Waals surface area contributed by atoms with Crippen molar-refractivity contribution in [1.82, 2.24) is 0 Å². The van der Waals surface area contributed by atoms with Gasteiger partial charge in [-0.25, -0.2) is 0 Å². The minimum atomic E-state index is -0.685. The molecule has 0 saturated carbocycles. The normalized spacial score (nSPS) is 10.1. The van der Waals surface area contributed by atoms with Crippen LogP contribution in [0.5, 0.6) is 0 Å². The number of nitrogens with zero attached hydrogens (tertiary/aromatic N) is 2. The predicted molar refractivity (Wildman–Crippen MR) is 88.9 cm³/mol. The lowest BCUT2D eigenvalue weighted by atomic mass is 10.4. The molecule has 0 aromatic rings. The van der Waals surface area contributed by atoms with Gasteiger partial charge in [-0.05, 0) is 31.2 Å². The maximum atomic E-state index is 9.71. The van der Waals surface area contributed by atoms with E-state index in [0.717, 1.165) is 8.97 Å². The van der Waals surface area contributed by atoms with E-state index in [0.29, 0.717) is 0 Å². The molecule has 0 aromatic carbocycles. The van der Waals surface area contributed by atoms with Gasteiger partial charge in [-0.2, -0.15) is 0 Å². The fourth-order valence-electron chi connectivity index (χ4n) is 1.34. The molecule has 0 aromatic heterocycles. The Morgan fingerprint density at radius 3 is 1.10 bits per heavy atom. The van der Waals surface area contributed by atoms with Crippen molar-refractivity contribution in [1.29, 1.82) is 5.41 Å². The third-order valence-electron chi connectivity index (χ3n) is 2.18. The molecule has 1 N–H and O–H groups in total. The largest absolute Gasteiger partial charge is 1.00 e. The molecule has 0 unspecified atom stereocenters. The van der Waals surface area contributed by atoms with E-state index in [1.165, 1.54) is 32.9 Å². The van der Waals surface area contributed by atoms with Gasteiger partial charge in [-0.15, -0.1) is 0 Å². The average Bonchev–Trinajstić information content (AvgIpc) is 2.15. The zero-order valence-electron chi connectivity index (χ0n) is 15.7. The van der Waals surface area contributed by atoms with Gasteiger partial charge in [0.05, 0.1) is 55.4 Å². The maximum Gasteiger partial charge on any atom is 0.0777 e. The van der Waals surface area contributed by atoms with Crippen molar-refractivity contribution in [3.8, 4) is 0 Å². The van der Waals surface area contributed by atoms with Gasteiger partial charge in [-0.1, -0.05) is 20.4 Å². The number of hydrogen-bond donors (Lipinski definition) is 1. The molecule has 0 fully saturated rings. The Hall–Kier alpha value is -0.580. The van der Waals surface area contributed by atoms with Crippen molar-refractivity contribution in [3.05, 3.63) is 12.2 Å². The van der Waals surface area contributed by atoms with Gasteiger partial charge in [0.1, 0.15) is 0 Å². The number of rotatable bonds is 5. The molecule has 0 amide bonds. The Kier molecular flexibility index (Phi) is 19.5. The first-order chi connectivity index (χ1) is 8.76. The smallest absolute Gasteiger partial charge is 0.0777 e. The van der Waals surface area contributed by atoms with Crippen molar-refractivity contribution in [3.63, 3.8) is 0 Å². The minimum absolute atomic E-state index is 0. The van der Waals surface area contributed by atoms with Crippen LogP contribution in [0.1, 0.15) is 33.6 Å². The monoisotopic (exact) mass is 323 g/mol. The topological polar surface area (TPSA) is 46.9 Å². The quantitative estimate of drug-likeness (QED) is 0.398. The van der Waals surface area contributed by atoms with Crippen LogP contribution in [0.3, 0.4) is 0 Å². The van der Waals surface area contributed by atoms with E-state index in [-0.39, 0.29) is 18.0 Å². The molecule has 0 radical (unpaired) electrons. The molecular weight excluding hydrogens is 286 g/mol. The first-order valence-electron chi connectivity index (χ1n) is 7.29. The highest BCUT2D eigenvalue weighted by Crippen LogP contribution is 1.90. The zero-order valence-corrected chi connectivity index (χ0v) is 16.5. The van der Waals surface area contributed by atoms with Crippen LogP contribution in [0.15, 0.2) is 12.2 Å². The van der Waals surface area contributed by atoms with Gasteiger partial charge in [0.15, 0.2) is 0 Å².